The first-order valence-electron chi connectivity index (χ1n) is 9.66. The molecule has 1 aliphatic rings. The normalized spacial score (nSPS) is 17.0. The van der Waals surface area contributed by atoms with E-state index in [4.69, 9.17) is 18.9 Å². The van der Waals surface area contributed by atoms with Crippen molar-refractivity contribution in [1.82, 2.24) is 10.6 Å². The molecule has 27 heavy (non-hydrogen) atoms. The van der Waals surface area contributed by atoms with Crippen LogP contribution in [0.1, 0.15) is 25.3 Å². The van der Waals surface area contributed by atoms with E-state index in [1.807, 2.05) is 25.1 Å². The SMILES string of the molecule is CCOc1cc(CNC(=NC)NCCCOCC2CCOC2)ccc1OC. The van der Waals surface area contributed by atoms with Crippen LogP contribution in [0.25, 0.3) is 0 Å². The Labute approximate surface area is 162 Å². The summed E-state index contributed by atoms with van der Waals surface area (Å²) in [6.45, 7) is 7.29. The van der Waals surface area contributed by atoms with Crippen LogP contribution in [0.5, 0.6) is 11.5 Å². The van der Waals surface area contributed by atoms with Gasteiger partial charge in [-0.15, -0.1) is 0 Å². The van der Waals surface area contributed by atoms with Gasteiger partial charge in [0.15, 0.2) is 17.5 Å². The second kappa shape index (κ2) is 12.4. The first kappa shape index (κ1) is 21.3. The van der Waals surface area contributed by atoms with Gasteiger partial charge in [0.25, 0.3) is 0 Å². The van der Waals surface area contributed by atoms with Gasteiger partial charge in [-0.3, -0.25) is 4.99 Å². The third-order valence-corrected chi connectivity index (χ3v) is 4.35. The third kappa shape index (κ3) is 7.64. The highest BCUT2D eigenvalue weighted by Crippen LogP contribution is 2.27. The maximum atomic E-state index is 5.71. The van der Waals surface area contributed by atoms with Crippen molar-refractivity contribution >= 4 is 5.96 Å². The molecule has 1 aromatic carbocycles. The average Bonchev–Trinajstić information content (AvgIpc) is 3.21. The molecule has 1 aliphatic heterocycles. The van der Waals surface area contributed by atoms with Crippen molar-refractivity contribution in [3.63, 3.8) is 0 Å². The Bertz CT molecular complexity index is 574. The second-order valence-electron chi connectivity index (χ2n) is 6.43. The summed E-state index contributed by atoms with van der Waals surface area (Å²) in [4.78, 5) is 4.26. The van der Waals surface area contributed by atoms with Gasteiger partial charge >= 0.3 is 0 Å². The highest BCUT2D eigenvalue weighted by molar-refractivity contribution is 5.79. The Kier molecular flexibility index (Phi) is 9.79. The lowest BCUT2D eigenvalue weighted by Crippen LogP contribution is -2.37. The molecule has 1 atom stereocenters. The minimum Gasteiger partial charge on any atom is -0.493 e. The molecule has 1 heterocycles. The fourth-order valence-corrected chi connectivity index (χ4v) is 2.85. The van der Waals surface area contributed by atoms with Gasteiger partial charge in [0, 0.05) is 39.3 Å². The minimum absolute atomic E-state index is 0.568. The fourth-order valence-electron chi connectivity index (χ4n) is 2.85. The summed E-state index contributed by atoms with van der Waals surface area (Å²) in [5.74, 6) is 2.84. The number of nitrogens with zero attached hydrogens (tertiary/aromatic N) is 1. The lowest BCUT2D eigenvalue weighted by molar-refractivity contribution is 0.0888. The van der Waals surface area contributed by atoms with Gasteiger partial charge in [0.2, 0.25) is 0 Å². The van der Waals surface area contributed by atoms with E-state index >= 15 is 0 Å². The van der Waals surface area contributed by atoms with E-state index < -0.39 is 0 Å². The van der Waals surface area contributed by atoms with Crippen LogP contribution >= 0.6 is 0 Å². The van der Waals surface area contributed by atoms with Gasteiger partial charge in [0.05, 0.1) is 26.9 Å². The Morgan fingerprint density at radius 3 is 2.89 bits per heavy atom. The maximum Gasteiger partial charge on any atom is 0.191 e. The van der Waals surface area contributed by atoms with Crippen molar-refractivity contribution in [3.8, 4) is 11.5 Å². The van der Waals surface area contributed by atoms with Crippen molar-refractivity contribution in [3.05, 3.63) is 23.8 Å². The summed E-state index contributed by atoms with van der Waals surface area (Å²) >= 11 is 0. The number of ether oxygens (including phenoxy) is 4. The van der Waals surface area contributed by atoms with Crippen LogP contribution in [0.2, 0.25) is 0 Å². The summed E-state index contributed by atoms with van der Waals surface area (Å²) in [6, 6.07) is 5.93. The first-order valence-corrected chi connectivity index (χ1v) is 9.66. The van der Waals surface area contributed by atoms with E-state index in [-0.39, 0.29) is 0 Å². The van der Waals surface area contributed by atoms with Crippen molar-refractivity contribution in [1.29, 1.82) is 0 Å². The molecule has 0 aliphatic carbocycles. The van der Waals surface area contributed by atoms with E-state index in [1.54, 1.807) is 14.2 Å². The van der Waals surface area contributed by atoms with Gasteiger partial charge in [0.1, 0.15) is 0 Å². The monoisotopic (exact) mass is 379 g/mol. The molecule has 1 fully saturated rings. The Morgan fingerprint density at radius 1 is 1.30 bits per heavy atom. The van der Waals surface area contributed by atoms with Gasteiger partial charge in [-0.25, -0.2) is 0 Å². The summed E-state index contributed by atoms with van der Waals surface area (Å²) in [5.41, 5.74) is 1.10. The zero-order valence-corrected chi connectivity index (χ0v) is 16.8. The molecule has 7 nitrogen and oxygen atoms in total. The van der Waals surface area contributed by atoms with Crippen molar-refractivity contribution < 1.29 is 18.9 Å². The van der Waals surface area contributed by atoms with Crippen molar-refractivity contribution in [2.24, 2.45) is 10.9 Å². The van der Waals surface area contributed by atoms with E-state index in [1.165, 1.54) is 0 Å². The van der Waals surface area contributed by atoms with E-state index in [2.05, 4.69) is 15.6 Å². The number of hydrogen-bond donors (Lipinski definition) is 2. The van der Waals surface area contributed by atoms with Crippen LogP contribution in [-0.2, 0) is 16.0 Å². The number of rotatable bonds is 11. The van der Waals surface area contributed by atoms with Crippen LogP contribution in [0.4, 0.5) is 0 Å². The Morgan fingerprint density at radius 2 is 2.19 bits per heavy atom. The molecule has 1 unspecified atom stereocenters. The smallest absolute Gasteiger partial charge is 0.191 e. The number of guanidine groups is 1. The topological polar surface area (TPSA) is 73.3 Å². The van der Waals surface area contributed by atoms with Gasteiger partial charge in [-0.05, 0) is 37.5 Å². The zero-order chi connectivity index (χ0) is 19.3. The molecular weight excluding hydrogens is 346 g/mol. The molecule has 1 aromatic rings. The first-order chi connectivity index (χ1) is 13.3. The quantitative estimate of drug-likeness (QED) is 0.349. The second-order valence-corrected chi connectivity index (χ2v) is 6.43. The lowest BCUT2D eigenvalue weighted by Gasteiger charge is -2.14. The Hall–Kier alpha value is -1.99. The van der Waals surface area contributed by atoms with E-state index in [0.29, 0.717) is 19.1 Å². The summed E-state index contributed by atoms with van der Waals surface area (Å²) in [6.07, 6.45) is 2.05. The predicted octanol–water partition coefficient (Wildman–Crippen LogP) is 2.20. The molecule has 7 heteroatoms. The molecule has 0 saturated carbocycles. The average molecular weight is 380 g/mol. The largest absolute Gasteiger partial charge is 0.493 e. The van der Waals surface area contributed by atoms with Crippen LogP contribution < -0.4 is 20.1 Å². The standard InChI is InChI=1S/C20H33N3O4/c1-4-27-19-12-16(6-7-18(19)24-3)13-23-20(21-2)22-9-5-10-25-14-17-8-11-26-15-17/h6-7,12,17H,4-5,8-11,13-15H2,1-3H3,(H2,21,22,23). The molecule has 1 saturated heterocycles. The summed E-state index contributed by atoms with van der Waals surface area (Å²) in [5, 5.41) is 6.62. The van der Waals surface area contributed by atoms with Gasteiger partial charge in [-0.1, -0.05) is 6.07 Å². The molecular formula is C20H33N3O4. The van der Waals surface area contributed by atoms with Crippen LogP contribution in [0.3, 0.4) is 0 Å². The maximum absolute atomic E-state index is 5.71. The molecule has 152 valence electrons. The molecule has 2 N–H and O–H groups in total. The molecule has 0 bridgehead atoms. The number of hydrogen-bond acceptors (Lipinski definition) is 5. The third-order valence-electron chi connectivity index (χ3n) is 4.35. The summed E-state index contributed by atoms with van der Waals surface area (Å²) < 4.78 is 22.0. The predicted molar refractivity (Wildman–Crippen MR) is 107 cm³/mol. The highest BCUT2D eigenvalue weighted by Gasteiger charge is 2.15. The number of aliphatic imine (C=N–C) groups is 1. The van der Waals surface area contributed by atoms with E-state index in [0.717, 1.165) is 68.8 Å². The lowest BCUT2D eigenvalue weighted by atomic mass is 10.1. The number of benzene rings is 1. The molecule has 0 amide bonds. The highest BCUT2D eigenvalue weighted by atomic mass is 16.5. The van der Waals surface area contributed by atoms with Crippen molar-refractivity contribution in [2.75, 3.05) is 53.7 Å². The number of nitrogens with one attached hydrogen (secondary N) is 2. The van der Waals surface area contributed by atoms with Crippen molar-refractivity contribution in [2.45, 2.75) is 26.3 Å². The fraction of sp³-hybridized carbons (Fsp3) is 0.650. The molecule has 0 radical (unpaired) electrons. The summed E-state index contributed by atoms with van der Waals surface area (Å²) in [7, 11) is 3.42. The van der Waals surface area contributed by atoms with Gasteiger partial charge in [-0.2, -0.15) is 0 Å². The van der Waals surface area contributed by atoms with Crippen LogP contribution in [-0.4, -0.2) is 59.7 Å². The molecule has 0 aromatic heterocycles. The van der Waals surface area contributed by atoms with E-state index in [9.17, 15) is 0 Å². The Balaban J connectivity index is 1.65. The van der Waals surface area contributed by atoms with Crippen LogP contribution in [0.15, 0.2) is 23.2 Å². The minimum atomic E-state index is 0.568. The molecule has 0 spiro atoms. The zero-order valence-electron chi connectivity index (χ0n) is 16.8. The van der Waals surface area contributed by atoms with Crippen LogP contribution in [0, 0.1) is 5.92 Å². The number of methoxy groups -OCH3 is 1. The molecule has 2 rings (SSSR count). The van der Waals surface area contributed by atoms with Gasteiger partial charge < -0.3 is 29.6 Å².